The fourth-order valence-corrected chi connectivity index (χ4v) is 1.68. The molecule has 0 aliphatic carbocycles. The summed E-state index contributed by atoms with van der Waals surface area (Å²) >= 11 is 0. The highest BCUT2D eigenvalue weighted by Gasteiger charge is 2.03. The van der Waals surface area contributed by atoms with E-state index in [-0.39, 0.29) is 5.69 Å². The molecule has 4 heteroatoms. The van der Waals surface area contributed by atoms with E-state index >= 15 is 0 Å². The van der Waals surface area contributed by atoms with E-state index in [9.17, 15) is 4.79 Å². The second-order valence-electron chi connectivity index (χ2n) is 4.07. The number of aryl methyl sites for hydroxylation is 1. The normalized spacial score (nSPS) is 10.1. The Morgan fingerprint density at radius 3 is 2.83 bits per heavy atom. The first kappa shape index (κ1) is 12.1. The number of nitrogens with two attached hydrogens (primary N) is 1. The van der Waals surface area contributed by atoms with Gasteiger partial charge in [-0.1, -0.05) is 24.3 Å². The van der Waals surface area contributed by atoms with Crippen LogP contribution in [0.4, 0.5) is 5.69 Å². The molecule has 1 aromatic heterocycles. The van der Waals surface area contributed by atoms with Gasteiger partial charge in [0.15, 0.2) is 0 Å². The van der Waals surface area contributed by atoms with Gasteiger partial charge in [-0.2, -0.15) is 0 Å². The van der Waals surface area contributed by atoms with Crippen LogP contribution in [0, 0.1) is 6.92 Å². The molecule has 3 N–H and O–H groups in total. The van der Waals surface area contributed by atoms with Gasteiger partial charge in [0.1, 0.15) is 5.69 Å². The van der Waals surface area contributed by atoms with Crippen molar-refractivity contribution in [3.05, 3.63) is 59.4 Å². The summed E-state index contributed by atoms with van der Waals surface area (Å²) in [6.45, 7) is 2.77. The third-order valence-electron chi connectivity index (χ3n) is 2.76. The summed E-state index contributed by atoms with van der Waals surface area (Å²) in [5.74, 6) is -0.519. The maximum absolute atomic E-state index is 11.0. The highest BCUT2D eigenvalue weighted by Crippen LogP contribution is 2.12. The number of pyridine rings is 1. The van der Waals surface area contributed by atoms with Gasteiger partial charge < -0.3 is 11.1 Å². The highest BCUT2D eigenvalue weighted by molar-refractivity contribution is 5.91. The molecule has 1 amide bonds. The number of primary amides is 1. The first-order valence-electron chi connectivity index (χ1n) is 5.71. The molecule has 1 aromatic carbocycles. The maximum atomic E-state index is 11.0. The van der Waals surface area contributed by atoms with E-state index in [4.69, 9.17) is 5.73 Å². The first-order chi connectivity index (χ1) is 8.66. The Kier molecular flexibility index (Phi) is 3.57. The molecule has 0 aliphatic rings. The number of amides is 1. The van der Waals surface area contributed by atoms with Crippen molar-refractivity contribution < 1.29 is 4.79 Å². The lowest BCUT2D eigenvalue weighted by Gasteiger charge is -2.09. The van der Waals surface area contributed by atoms with Gasteiger partial charge in [-0.05, 0) is 30.2 Å². The van der Waals surface area contributed by atoms with E-state index < -0.39 is 5.91 Å². The van der Waals surface area contributed by atoms with Crippen LogP contribution in [0.15, 0.2) is 42.6 Å². The molecule has 0 radical (unpaired) electrons. The smallest absolute Gasteiger partial charge is 0.267 e. The zero-order valence-corrected chi connectivity index (χ0v) is 10.2. The minimum absolute atomic E-state index is 0.268. The van der Waals surface area contributed by atoms with E-state index in [0.717, 1.165) is 5.69 Å². The van der Waals surface area contributed by atoms with Crippen LogP contribution in [-0.4, -0.2) is 10.9 Å². The molecular weight excluding hydrogens is 226 g/mol. The number of benzene rings is 1. The van der Waals surface area contributed by atoms with Gasteiger partial charge in [0.25, 0.3) is 5.91 Å². The Hall–Kier alpha value is -2.36. The van der Waals surface area contributed by atoms with Crippen LogP contribution in [0.25, 0.3) is 0 Å². The van der Waals surface area contributed by atoms with E-state index in [0.29, 0.717) is 6.54 Å². The lowest BCUT2D eigenvalue weighted by atomic mass is 10.1. The molecule has 18 heavy (non-hydrogen) atoms. The van der Waals surface area contributed by atoms with Crippen molar-refractivity contribution in [2.24, 2.45) is 5.73 Å². The Morgan fingerprint density at radius 1 is 1.33 bits per heavy atom. The average molecular weight is 241 g/mol. The highest BCUT2D eigenvalue weighted by atomic mass is 16.1. The number of carbonyl (C=O) groups excluding carboxylic acids is 1. The van der Waals surface area contributed by atoms with Gasteiger partial charge in [0, 0.05) is 18.4 Å². The number of carbonyl (C=O) groups is 1. The van der Waals surface area contributed by atoms with Gasteiger partial charge in [-0.15, -0.1) is 0 Å². The van der Waals surface area contributed by atoms with Crippen molar-refractivity contribution in [3.8, 4) is 0 Å². The third-order valence-corrected chi connectivity index (χ3v) is 2.76. The van der Waals surface area contributed by atoms with Crippen molar-refractivity contribution in [2.45, 2.75) is 13.5 Å². The quantitative estimate of drug-likeness (QED) is 0.861. The van der Waals surface area contributed by atoms with Crippen molar-refractivity contribution in [1.82, 2.24) is 4.98 Å². The summed E-state index contributed by atoms with van der Waals surface area (Å²) in [6, 6.07) is 11.6. The number of nitrogens with one attached hydrogen (secondary N) is 1. The largest absolute Gasteiger partial charge is 0.381 e. The van der Waals surface area contributed by atoms with Crippen molar-refractivity contribution >= 4 is 11.6 Å². The minimum atomic E-state index is -0.519. The molecule has 1 heterocycles. The van der Waals surface area contributed by atoms with Gasteiger partial charge in [-0.25, -0.2) is 0 Å². The third kappa shape index (κ3) is 2.85. The van der Waals surface area contributed by atoms with Crippen molar-refractivity contribution in [1.29, 1.82) is 0 Å². The second kappa shape index (κ2) is 5.31. The maximum Gasteiger partial charge on any atom is 0.267 e. The van der Waals surface area contributed by atoms with Crippen LogP contribution in [0.1, 0.15) is 21.6 Å². The van der Waals surface area contributed by atoms with Gasteiger partial charge in [0.05, 0.1) is 0 Å². The van der Waals surface area contributed by atoms with E-state index in [1.54, 1.807) is 12.3 Å². The zero-order valence-electron chi connectivity index (χ0n) is 10.2. The summed E-state index contributed by atoms with van der Waals surface area (Å²) in [7, 11) is 0. The predicted octanol–water partition coefficient (Wildman–Crippen LogP) is 2.10. The van der Waals surface area contributed by atoms with E-state index in [1.165, 1.54) is 11.1 Å². The molecule has 0 fully saturated rings. The molecule has 0 saturated heterocycles. The Morgan fingerprint density at radius 2 is 2.11 bits per heavy atom. The second-order valence-corrected chi connectivity index (χ2v) is 4.07. The molecule has 2 rings (SSSR count). The number of aromatic nitrogens is 1. The first-order valence-corrected chi connectivity index (χ1v) is 5.71. The van der Waals surface area contributed by atoms with Crippen LogP contribution in [-0.2, 0) is 6.54 Å². The Balaban J connectivity index is 2.09. The number of anilines is 1. The summed E-state index contributed by atoms with van der Waals surface area (Å²) in [5.41, 5.74) is 8.74. The monoisotopic (exact) mass is 241 g/mol. The van der Waals surface area contributed by atoms with Crippen LogP contribution < -0.4 is 11.1 Å². The molecule has 2 aromatic rings. The van der Waals surface area contributed by atoms with Crippen molar-refractivity contribution in [3.63, 3.8) is 0 Å². The topological polar surface area (TPSA) is 68.0 Å². The van der Waals surface area contributed by atoms with Gasteiger partial charge in [0.2, 0.25) is 0 Å². The fraction of sp³-hybridized carbons (Fsp3) is 0.143. The van der Waals surface area contributed by atoms with Crippen molar-refractivity contribution in [2.75, 3.05) is 5.32 Å². The lowest BCUT2D eigenvalue weighted by molar-refractivity contribution is 0.0995. The number of hydrogen-bond acceptors (Lipinski definition) is 3. The van der Waals surface area contributed by atoms with Gasteiger partial charge in [-0.3, -0.25) is 9.78 Å². The molecule has 0 unspecified atom stereocenters. The fourth-order valence-electron chi connectivity index (χ4n) is 1.68. The van der Waals surface area contributed by atoms with Crippen LogP contribution in [0.5, 0.6) is 0 Å². The number of nitrogens with zero attached hydrogens (tertiary/aromatic N) is 1. The van der Waals surface area contributed by atoms with Gasteiger partial charge >= 0.3 is 0 Å². The SMILES string of the molecule is Cc1ccccc1CNc1ccnc(C(N)=O)c1. The van der Waals surface area contributed by atoms with E-state index in [1.807, 2.05) is 18.2 Å². The molecule has 0 bridgehead atoms. The van der Waals surface area contributed by atoms with Crippen LogP contribution >= 0.6 is 0 Å². The number of rotatable bonds is 4. The molecule has 92 valence electrons. The standard InChI is InChI=1S/C14H15N3O/c1-10-4-2-3-5-11(10)9-17-12-6-7-16-13(8-12)14(15)18/h2-8H,9H2,1H3,(H2,15,18)(H,16,17). The lowest BCUT2D eigenvalue weighted by Crippen LogP contribution is -2.13. The molecule has 0 aliphatic heterocycles. The molecule has 4 nitrogen and oxygen atoms in total. The summed E-state index contributed by atoms with van der Waals surface area (Å²) in [4.78, 5) is 14.9. The van der Waals surface area contributed by atoms with E-state index in [2.05, 4.69) is 29.4 Å². The Bertz CT molecular complexity index is 566. The Labute approximate surface area is 106 Å². The minimum Gasteiger partial charge on any atom is -0.381 e. The molecule has 0 atom stereocenters. The molecule has 0 spiro atoms. The predicted molar refractivity (Wildman–Crippen MR) is 71.3 cm³/mol. The summed E-state index contributed by atoms with van der Waals surface area (Å²) < 4.78 is 0. The van der Waals surface area contributed by atoms with Crippen LogP contribution in [0.3, 0.4) is 0 Å². The molecular formula is C14H15N3O. The molecule has 0 saturated carbocycles. The number of hydrogen-bond donors (Lipinski definition) is 2. The zero-order chi connectivity index (χ0) is 13.0. The van der Waals surface area contributed by atoms with Crippen LogP contribution in [0.2, 0.25) is 0 Å². The summed E-state index contributed by atoms with van der Waals surface area (Å²) in [5, 5.41) is 3.25. The summed E-state index contributed by atoms with van der Waals surface area (Å²) in [6.07, 6.45) is 1.57. The average Bonchev–Trinajstić information content (AvgIpc) is 2.38.